The second-order valence-electron chi connectivity index (χ2n) is 3.98. The van der Waals surface area contributed by atoms with E-state index >= 15 is 0 Å². The Labute approximate surface area is 93.7 Å². The first-order valence-electron chi connectivity index (χ1n) is 5.14. The highest BCUT2D eigenvalue weighted by Crippen LogP contribution is 2.39. The van der Waals surface area contributed by atoms with Gasteiger partial charge in [0.1, 0.15) is 0 Å². The van der Waals surface area contributed by atoms with E-state index in [2.05, 4.69) is 19.1 Å². The Bertz CT molecular complexity index is 387. The van der Waals surface area contributed by atoms with Crippen LogP contribution in [-0.2, 0) is 11.2 Å². The lowest BCUT2D eigenvalue weighted by molar-refractivity contribution is -0.136. The van der Waals surface area contributed by atoms with Crippen LogP contribution in [0.3, 0.4) is 0 Å². The molecule has 0 radical (unpaired) electrons. The quantitative estimate of drug-likeness (QED) is 0.854. The van der Waals surface area contributed by atoms with Crippen LogP contribution in [0.1, 0.15) is 30.4 Å². The molecule has 0 spiro atoms. The summed E-state index contributed by atoms with van der Waals surface area (Å²) in [6.07, 6.45) is 0.861. The molecule has 0 bridgehead atoms. The van der Waals surface area contributed by atoms with Crippen molar-refractivity contribution in [2.24, 2.45) is 0 Å². The van der Waals surface area contributed by atoms with Crippen LogP contribution in [0, 0.1) is 0 Å². The molecule has 0 saturated carbocycles. The third-order valence-electron chi connectivity index (χ3n) is 2.72. The molecule has 1 aromatic rings. The molecule has 3 heteroatoms. The molecule has 1 aliphatic rings. The lowest BCUT2D eigenvalue weighted by Gasteiger charge is -2.06. The first kappa shape index (κ1) is 10.6. The number of rotatable bonds is 3. The Balaban J connectivity index is 2.14. The summed E-state index contributed by atoms with van der Waals surface area (Å²) >= 11 is 1.89. The Morgan fingerprint density at radius 3 is 3.13 bits per heavy atom. The summed E-state index contributed by atoms with van der Waals surface area (Å²) in [5.74, 6) is 1.03. The molecule has 1 aliphatic heterocycles. The van der Waals surface area contributed by atoms with Gasteiger partial charge in [0, 0.05) is 17.1 Å². The van der Waals surface area contributed by atoms with E-state index < -0.39 is 5.97 Å². The molecule has 0 aromatic heterocycles. The molecule has 15 heavy (non-hydrogen) atoms. The summed E-state index contributed by atoms with van der Waals surface area (Å²) in [5, 5.41) is 8.62. The smallest absolute Gasteiger partial charge is 0.303 e. The Kier molecular flexibility index (Phi) is 3.00. The Morgan fingerprint density at radius 2 is 2.40 bits per heavy atom. The minimum absolute atomic E-state index is 0.223. The van der Waals surface area contributed by atoms with Gasteiger partial charge in [-0.2, -0.15) is 0 Å². The molecule has 1 unspecified atom stereocenters. The normalized spacial score (nSPS) is 18.9. The van der Waals surface area contributed by atoms with Crippen LogP contribution in [0.25, 0.3) is 0 Å². The molecule has 0 fully saturated rings. The van der Waals surface area contributed by atoms with Crippen LogP contribution in [0.4, 0.5) is 0 Å². The standard InChI is InChI=1S/C12H14O2S/c1-8-7-15-11-4-2-9(6-10(8)11)3-5-12(13)14/h2,4,6,8H,3,5,7H2,1H3,(H,13,14). The molecule has 1 aromatic carbocycles. The number of fused-ring (bicyclic) bond motifs is 1. The van der Waals surface area contributed by atoms with Gasteiger partial charge >= 0.3 is 5.97 Å². The SMILES string of the molecule is CC1CSc2ccc(CCC(=O)O)cc21. The second-order valence-corrected chi connectivity index (χ2v) is 5.04. The number of aliphatic carboxylic acids is 1. The summed E-state index contributed by atoms with van der Waals surface area (Å²) in [5.41, 5.74) is 2.54. The first-order chi connectivity index (χ1) is 7.16. The fourth-order valence-electron chi connectivity index (χ4n) is 1.83. The van der Waals surface area contributed by atoms with E-state index in [0.717, 1.165) is 11.3 Å². The molecule has 1 heterocycles. The first-order valence-corrected chi connectivity index (χ1v) is 6.13. The maximum Gasteiger partial charge on any atom is 0.303 e. The number of thioether (sulfide) groups is 1. The van der Waals surface area contributed by atoms with E-state index in [-0.39, 0.29) is 6.42 Å². The molecule has 1 atom stereocenters. The largest absolute Gasteiger partial charge is 0.481 e. The zero-order chi connectivity index (χ0) is 10.8. The zero-order valence-corrected chi connectivity index (χ0v) is 9.51. The summed E-state index contributed by atoms with van der Waals surface area (Å²) in [6, 6.07) is 6.34. The third-order valence-corrected chi connectivity index (χ3v) is 4.07. The predicted molar refractivity (Wildman–Crippen MR) is 61.5 cm³/mol. The van der Waals surface area contributed by atoms with Crippen molar-refractivity contribution in [3.05, 3.63) is 29.3 Å². The molecular weight excluding hydrogens is 208 g/mol. The van der Waals surface area contributed by atoms with Crippen molar-refractivity contribution in [1.29, 1.82) is 0 Å². The van der Waals surface area contributed by atoms with Gasteiger partial charge in [0.05, 0.1) is 0 Å². The maximum atomic E-state index is 10.5. The highest BCUT2D eigenvalue weighted by atomic mass is 32.2. The molecule has 80 valence electrons. The van der Waals surface area contributed by atoms with Crippen molar-refractivity contribution >= 4 is 17.7 Å². The van der Waals surface area contributed by atoms with Crippen molar-refractivity contribution in [1.82, 2.24) is 0 Å². The van der Waals surface area contributed by atoms with Crippen LogP contribution in [0.5, 0.6) is 0 Å². The second kappa shape index (κ2) is 4.27. The predicted octanol–water partition coefficient (Wildman–Crippen LogP) is 2.91. The number of carbonyl (C=O) groups is 1. The van der Waals surface area contributed by atoms with E-state index in [1.807, 2.05) is 17.8 Å². The highest BCUT2D eigenvalue weighted by Gasteiger charge is 2.19. The Morgan fingerprint density at radius 1 is 1.60 bits per heavy atom. The highest BCUT2D eigenvalue weighted by molar-refractivity contribution is 7.99. The Hall–Kier alpha value is -0.960. The number of carboxylic acid groups (broad SMARTS) is 1. The lowest BCUT2D eigenvalue weighted by Crippen LogP contribution is -1.98. The molecule has 0 aliphatic carbocycles. The fraction of sp³-hybridized carbons (Fsp3) is 0.417. The topological polar surface area (TPSA) is 37.3 Å². The maximum absolute atomic E-state index is 10.5. The van der Waals surface area contributed by atoms with Gasteiger partial charge in [-0.25, -0.2) is 0 Å². The van der Waals surface area contributed by atoms with Crippen molar-refractivity contribution in [2.45, 2.75) is 30.6 Å². The van der Waals surface area contributed by atoms with E-state index in [1.54, 1.807) is 0 Å². The average Bonchev–Trinajstić information content (AvgIpc) is 2.57. The number of hydrogen-bond acceptors (Lipinski definition) is 2. The lowest BCUT2D eigenvalue weighted by atomic mass is 9.99. The van der Waals surface area contributed by atoms with E-state index in [9.17, 15) is 4.79 Å². The van der Waals surface area contributed by atoms with Crippen molar-refractivity contribution in [2.75, 3.05) is 5.75 Å². The van der Waals surface area contributed by atoms with Gasteiger partial charge in [-0.3, -0.25) is 4.79 Å². The number of benzene rings is 1. The number of aryl methyl sites for hydroxylation is 1. The molecule has 1 N–H and O–H groups in total. The summed E-state index contributed by atoms with van der Waals surface area (Å²) in [7, 11) is 0. The molecule has 0 saturated heterocycles. The van der Waals surface area contributed by atoms with Crippen LogP contribution in [-0.4, -0.2) is 16.8 Å². The third kappa shape index (κ3) is 2.34. The summed E-state index contributed by atoms with van der Waals surface area (Å²) in [4.78, 5) is 11.8. The summed E-state index contributed by atoms with van der Waals surface area (Å²) < 4.78 is 0. The van der Waals surface area contributed by atoms with Crippen LogP contribution in [0.2, 0.25) is 0 Å². The molecule has 2 rings (SSSR count). The molecule has 0 amide bonds. The van der Waals surface area contributed by atoms with Gasteiger partial charge in [0.25, 0.3) is 0 Å². The molecule has 2 nitrogen and oxygen atoms in total. The van der Waals surface area contributed by atoms with Gasteiger partial charge in [0.2, 0.25) is 0 Å². The zero-order valence-electron chi connectivity index (χ0n) is 8.69. The fourth-order valence-corrected chi connectivity index (χ4v) is 3.03. The van der Waals surface area contributed by atoms with Gasteiger partial charge in [-0.1, -0.05) is 19.1 Å². The van der Waals surface area contributed by atoms with Crippen molar-refractivity contribution < 1.29 is 9.90 Å². The number of carboxylic acids is 1. The van der Waals surface area contributed by atoms with Gasteiger partial charge in [-0.05, 0) is 29.5 Å². The minimum atomic E-state index is -0.724. The van der Waals surface area contributed by atoms with Crippen molar-refractivity contribution in [3.8, 4) is 0 Å². The van der Waals surface area contributed by atoms with E-state index in [4.69, 9.17) is 5.11 Å². The van der Waals surface area contributed by atoms with Crippen molar-refractivity contribution in [3.63, 3.8) is 0 Å². The average molecular weight is 222 g/mol. The monoisotopic (exact) mass is 222 g/mol. The van der Waals surface area contributed by atoms with Crippen LogP contribution >= 0.6 is 11.8 Å². The van der Waals surface area contributed by atoms with E-state index in [1.165, 1.54) is 10.5 Å². The van der Waals surface area contributed by atoms with Crippen LogP contribution in [0.15, 0.2) is 23.1 Å². The number of hydrogen-bond donors (Lipinski definition) is 1. The van der Waals surface area contributed by atoms with Gasteiger partial charge in [0.15, 0.2) is 0 Å². The molecular formula is C12H14O2S. The van der Waals surface area contributed by atoms with Gasteiger partial charge < -0.3 is 5.11 Å². The van der Waals surface area contributed by atoms with Gasteiger partial charge in [-0.15, -0.1) is 11.8 Å². The minimum Gasteiger partial charge on any atom is -0.481 e. The van der Waals surface area contributed by atoms with E-state index in [0.29, 0.717) is 12.3 Å². The summed E-state index contributed by atoms with van der Waals surface area (Å²) in [6.45, 7) is 2.22. The van der Waals surface area contributed by atoms with Crippen LogP contribution < -0.4 is 0 Å².